The van der Waals surface area contributed by atoms with Crippen LogP contribution in [0, 0.1) is 5.82 Å². The summed E-state index contributed by atoms with van der Waals surface area (Å²) in [4.78, 5) is 2.73. The molecule has 2 heterocycles. The third kappa shape index (κ3) is 5.01. The van der Waals surface area contributed by atoms with E-state index in [2.05, 4.69) is 77.7 Å². The first-order chi connectivity index (χ1) is 18.6. The van der Waals surface area contributed by atoms with Gasteiger partial charge in [-0.25, -0.2) is 4.39 Å². The Hall–Kier alpha value is -3.40. The number of ether oxygens (including phenoxy) is 1. The van der Waals surface area contributed by atoms with Gasteiger partial charge < -0.3 is 4.74 Å². The molecular weight excluding hydrogens is 493 g/mol. The quantitative estimate of drug-likeness (QED) is 0.250. The molecule has 4 heteroatoms. The molecule has 4 aromatic carbocycles. The molecule has 0 radical (unpaired) electrons. The summed E-state index contributed by atoms with van der Waals surface area (Å²) in [6, 6.07) is 33.9. The molecule has 0 N–H and O–H groups in total. The number of nitrogens with zero attached hydrogens (tertiary/aromatic N) is 1. The van der Waals surface area contributed by atoms with Gasteiger partial charge in [0.2, 0.25) is 0 Å². The molecule has 38 heavy (non-hydrogen) atoms. The van der Waals surface area contributed by atoms with E-state index in [-0.39, 0.29) is 5.02 Å². The van der Waals surface area contributed by atoms with Crippen molar-refractivity contribution in [1.29, 1.82) is 0 Å². The SMILES string of the molecule is COc1cccc(C(=C2CC3CCC(C2)N3Cc2ccccc2)c2ccc(-c3ccc(F)c(Cl)c3)cc2)c1. The summed E-state index contributed by atoms with van der Waals surface area (Å²) in [5, 5.41) is 0.142. The molecule has 0 aromatic heterocycles. The molecule has 0 aliphatic carbocycles. The molecular formula is C34H31ClFNO. The third-order valence-electron chi connectivity index (χ3n) is 8.08. The van der Waals surface area contributed by atoms with Crippen LogP contribution in [-0.2, 0) is 6.54 Å². The fourth-order valence-corrected chi connectivity index (χ4v) is 6.40. The zero-order valence-corrected chi connectivity index (χ0v) is 22.3. The lowest BCUT2D eigenvalue weighted by Gasteiger charge is -2.37. The topological polar surface area (TPSA) is 12.5 Å². The minimum Gasteiger partial charge on any atom is -0.497 e. The molecule has 2 nitrogen and oxygen atoms in total. The summed E-state index contributed by atoms with van der Waals surface area (Å²) in [5.41, 5.74) is 8.53. The van der Waals surface area contributed by atoms with E-state index in [1.165, 1.54) is 46.7 Å². The summed E-state index contributed by atoms with van der Waals surface area (Å²) < 4.78 is 19.3. The standard InChI is InChI=1S/C34H31ClFNO/c1-38-31-9-5-8-27(20-31)34(25-12-10-24(11-13-25)26-14-17-33(36)32(35)21-26)28-18-29-15-16-30(19-28)37(29)22-23-6-3-2-4-7-23/h2-14,17,20-21,29-30H,15-16,18-19,22H2,1H3. The van der Waals surface area contributed by atoms with Crippen LogP contribution in [0.1, 0.15) is 42.4 Å². The molecule has 192 valence electrons. The van der Waals surface area contributed by atoms with Crippen molar-refractivity contribution in [3.05, 3.63) is 130 Å². The van der Waals surface area contributed by atoms with Crippen molar-refractivity contribution in [3.8, 4) is 16.9 Å². The van der Waals surface area contributed by atoms with Crippen molar-refractivity contribution in [2.24, 2.45) is 0 Å². The van der Waals surface area contributed by atoms with Crippen LogP contribution in [-0.4, -0.2) is 24.1 Å². The summed E-state index contributed by atoms with van der Waals surface area (Å²) in [7, 11) is 1.72. The Morgan fingerprint density at radius 1 is 0.816 bits per heavy atom. The highest BCUT2D eigenvalue weighted by molar-refractivity contribution is 6.31. The van der Waals surface area contributed by atoms with Gasteiger partial charge in [-0.1, -0.05) is 90.0 Å². The molecule has 0 saturated carbocycles. The van der Waals surface area contributed by atoms with Crippen LogP contribution in [0.5, 0.6) is 5.75 Å². The largest absolute Gasteiger partial charge is 0.497 e. The van der Waals surface area contributed by atoms with E-state index in [1.807, 2.05) is 6.07 Å². The van der Waals surface area contributed by atoms with Crippen molar-refractivity contribution in [1.82, 2.24) is 4.90 Å². The molecule has 2 aliphatic heterocycles. The van der Waals surface area contributed by atoms with Crippen LogP contribution in [0.3, 0.4) is 0 Å². The predicted molar refractivity (Wildman–Crippen MR) is 154 cm³/mol. The van der Waals surface area contributed by atoms with Gasteiger partial charge in [-0.05, 0) is 83.3 Å². The van der Waals surface area contributed by atoms with Gasteiger partial charge in [0.1, 0.15) is 11.6 Å². The maximum Gasteiger partial charge on any atom is 0.141 e. The van der Waals surface area contributed by atoms with E-state index in [0.717, 1.165) is 36.3 Å². The van der Waals surface area contributed by atoms with Crippen molar-refractivity contribution >= 4 is 17.2 Å². The van der Waals surface area contributed by atoms with Crippen LogP contribution >= 0.6 is 11.6 Å². The molecule has 2 unspecified atom stereocenters. The first-order valence-electron chi connectivity index (χ1n) is 13.3. The normalized spacial score (nSPS) is 19.0. The van der Waals surface area contributed by atoms with E-state index < -0.39 is 5.82 Å². The predicted octanol–water partition coefficient (Wildman–Crippen LogP) is 8.78. The molecule has 2 bridgehead atoms. The lowest BCUT2D eigenvalue weighted by Crippen LogP contribution is -2.40. The summed E-state index contributed by atoms with van der Waals surface area (Å²) in [5.74, 6) is 0.466. The van der Waals surface area contributed by atoms with Crippen LogP contribution in [0.25, 0.3) is 16.7 Å². The van der Waals surface area contributed by atoms with Gasteiger partial charge >= 0.3 is 0 Å². The minimum atomic E-state index is -0.398. The van der Waals surface area contributed by atoms with Gasteiger partial charge in [0, 0.05) is 18.6 Å². The van der Waals surface area contributed by atoms with Crippen LogP contribution in [0.2, 0.25) is 5.02 Å². The molecule has 4 aromatic rings. The van der Waals surface area contributed by atoms with Gasteiger partial charge in [-0.3, -0.25) is 4.90 Å². The number of benzene rings is 4. The fraction of sp³-hybridized carbons (Fsp3) is 0.235. The van der Waals surface area contributed by atoms with Crippen molar-refractivity contribution in [2.75, 3.05) is 7.11 Å². The maximum atomic E-state index is 13.7. The second-order valence-corrected chi connectivity index (χ2v) is 10.8. The van der Waals surface area contributed by atoms with E-state index >= 15 is 0 Å². The first kappa shape index (κ1) is 24.9. The Kier molecular flexibility index (Phi) is 7.06. The molecule has 0 amide bonds. The zero-order valence-electron chi connectivity index (χ0n) is 21.5. The van der Waals surface area contributed by atoms with Gasteiger partial charge in [0.15, 0.2) is 0 Å². The Balaban J connectivity index is 1.36. The van der Waals surface area contributed by atoms with Gasteiger partial charge in [0.05, 0.1) is 12.1 Å². The second-order valence-electron chi connectivity index (χ2n) is 10.4. The molecule has 2 aliphatic rings. The van der Waals surface area contributed by atoms with Gasteiger partial charge in [-0.2, -0.15) is 0 Å². The van der Waals surface area contributed by atoms with E-state index in [0.29, 0.717) is 12.1 Å². The number of halogens is 2. The number of piperidine rings is 1. The highest BCUT2D eigenvalue weighted by atomic mass is 35.5. The first-order valence-corrected chi connectivity index (χ1v) is 13.7. The van der Waals surface area contributed by atoms with Crippen molar-refractivity contribution in [2.45, 2.75) is 44.3 Å². The third-order valence-corrected chi connectivity index (χ3v) is 8.37. The Morgan fingerprint density at radius 2 is 1.53 bits per heavy atom. The summed E-state index contributed by atoms with van der Waals surface area (Å²) in [6.45, 7) is 1.02. The average molecular weight is 524 g/mol. The molecule has 2 fully saturated rings. The molecule has 2 atom stereocenters. The van der Waals surface area contributed by atoms with Crippen LogP contribution in [0.15, 0.2) is 103 Å². The minimum absolute atomic E-state index is 0.142. The van der Waals surface area contributed by atoms with Crippen molar-refractivity contribution < 1.29 is 9.13 Å². The average Bonchev–Trinajstić information content (AvgIpc) is 3.17. The van der Waals surface area contributed by atoms with Crippen molar-refractivity contribution in [3.63, 3.8) is 0 Å². The number of methoxy groups -OCH3 is 1. The smallest absolute Gasteiger partial charge is 0.141 e. The van der Waals surface area contributed by atoms with Gasteiger partial charge in [-0.15, -0.1) is 0 Å². The molecule has 0 spiro atoms. The Labute approximate surface area is 229 Å². The Bertz CT molecular complexity index is 1450. The molecule has 2 saturated heterocycles. The fourth-order valence-electron chi connectivity index (χ4n) is 6.22. The summed E-state index contributed by atoms with van der Waals surface area (Å²) in [6.07, 6.45) is 4.64. The van der Waals surface area contributed by atoms with Crippen LogP contribution < -0.4 is 4.74 Å². The lowest BCUT2D eigenvalue weighted by molar-refractivity contribution is 0.158. The highest BCUT2D eigenvalue weighted by Crippen LogP contribution is 2.44. The van der Waals surface area contributed by atoms with E-state index in [4.69, 9.17) is 16.3 Å². The number of fused-ring (bicyclic) bond motifs is 2. The van der Waals surface area contributed by atoms with E-state index in [1.54, 1.807) is 19.2 Å². The van der Waals surface area contributed by atoms with Gasteiger partial charge in [0.25, 0.3) is 0 Å². The lowest BCUT2D eigenvalue weighted by atomic mass is 9.85. The monoisotopic (exact) mass is 523 g/mol. The highest BCUT2D eigenvalue weighted by Gasteiger charge is 2.39. The maximum absolute atomic E-state index is 13.7. The molecule has 6 rings (SSSR count). The number of hydrogen-bond donors (Lipinski definition) is 0. The number of hydrogen-bond acceptors (Lipinski definition) is 2. The Morgan fingerprint density at radius 3 is 2.21 bits per heavy atom. The second kappa shape index (κ2) is 10.8. The summed E-state index contributed by atoms with van der Waals surface area (Å²) >= 11 is 6.05. The van der Waals surface area contributed by atoms with E-state index in [9.17, 15) is 4.39 Å². The zero-order chi connectivity index (χ0) is 26.1. The number of rotatable bonds is 6. The van der Waals surface area contributed by atoms with Crippen LogP contribution in [0.4, 0.5) is 4.39 Å².